The molecule has 2 rings (SSSR count). The first-order valence-electron chi connectivity index (χ1n) is 6.63. The molecule has 5 heteroatoms. The highest BCUT2D eigenvalue weighted by atomic mass is 19.1. The Labute approximate surface area is 122 Å². The zero-order valence-corrected chi connectivity index (χ0v) is 11.6. The SMILES string of the molecule is CC(NC(=O)Nc1ccccc1F)C(O)c1ccccc1. The Bertz CT molecular complexity index is 604. The Balaban J connectivity index is 1.95. The molecule has 0 saturated heterocycles. The molecule has 0 bridgehead atoms. The molecule has 0 radical (unpaired) electrons. The number of carbonyl (C=O) groups is 1. The van der Waals surface area contributed by atoms with Gasteiger partial charge in [0, 0.05) is 0 Å². The van der Waals surface area contributed by atoms with E-state index in [1.807, 2.05) is 18.2 Å². The van der Waals surface area contributed by atoms with E-state index < -0.39 is 24.0 Å². The average molecular weight is 288 g/mol. The average Bonchev–Trinajstić information content (AvgIpc) is 2.49. The van der Waals surface area contributed by atoms with E-state index in [0.717, 1.165) is 0 Å². The highest BCUT2D eigenvalue weighted by molar-refractivity contribution is 5.89. The molecule has 0 fully saturated rings. The van der Waals surface area contributed by atoms with Gasteiger partial charge in [-0.05, 0) is 24.6 Å². The van der Waals surface area contributed by atoms with E-state index in [2.05, 4.69) is 10.6 Å². The van der Waals surface area contributed by atoms with Gasteiger partial charge in [-0.2, -0.15) is 0 Å². The molecule has 21 heavy (non-hydrogen) atoms. The molecule has 0 aromatic heterocycles. The fourth-order valence-corrected chi connectivity index (χ4v) is 1.95. The number of aliphatic hydroxyl groups is 1. The Morgan fingerprint density at radius 1 is 1.10 bits per heavy atom. The van der Waals surface area contributed by atoms with E-state index in [1.165, 1.54) is 12.1 Å². The Morgan fingerprint density at radius 3 is 2.38 bits per heavy atom. The van der Waals surface area contributed by atoms with Crippen LogP contribution in [-0.4, -0.2) is 17.2 Å². The first-order chi connectivity index (χ1) is 10.1. The second-order valence-electron chi connectivity index (χ2n) is 4.72. The first-order valence-corrected chi connectivity index (χ1v) is 6.63. The lowest BCUT2D eigenvalue weighted by Crippen LogP contribution is -2.39. The number of benzene rings is 2. The van der Waals surface area contributed by atoms with Crippen LogP contribution in [0.1, 0.15) is 18.6 Å². The lowest BCUT2D eigenvalue weighted by atomic mass is 10.0. The number of aliphatic hydroxyl groups excluding tert-OH is 1. The summed E-state index contributed by atoms with van der Waals surface area (Å²) >= 11 is 0. The third-order valence-electron chi connectivity index (χ3n) is 3.10. The molecule has 0 aliphatic heterocycles. The number of halogens is 1. The molecule has 3 N–H and O–H groups in total. The van der Waals surface area contributed by atoms with E-state index in [1.54, 1.807) is 31.2 Å². The number of rotatable bonds is 4. The molecule has 0 aliphatic rings. The topological polar surface area (TPSA) is 61.4 Å². The van der Waals surface area contributed by atoms with Crippen LogP contribution in [0.2, 0.25) is 0 Å². The summed E-state index contributed by atoms with van der Waals surface area (Å²) in [6, 6.07) is 13.8. The maximum absolute atomic E-state index is 13.4. The quantitative estimate of drug-likeness (QED) is 0.809. The largest absolute Gasteiger partial charge is 0.386 e. The molecule has 2 atom stereocenters. The van der Waals surface area contributed by atoms with E-state index in [0.29, 0.717) is 5.56 Å². The fraction of sp³-hybridized carbons (Fsp3) is 0.188. The van der Waals surface area contributed by atoms with Crippen LogP contribution >= 0.6 is 0 Å². The van der Waals surface area contributed by atoms with Gasteiger partial charge in [-0.15, -0.1) is 0 Å². The van der Waals surface area contributed by atoms with Crippen LogP contribution in [0, 0.1) is 5.82 Å². The summed E-state index contributed by atoms with van der Waals surface area (Å²) in [4.78, 5) is 11.8. The minimum atomic E-state index is -0.836. The lowest BCUT2D eigenvalue weighted by Gasteiger charge is -2.21. The minimum Gasteiger partial charge on any atom is -0.386 e. The second kappa shape index (κ2) is 6.85. The molecule has 2 amide bonds. The van der Waals surface area contributed by atoms with Crippen molar-refractivity contribution in [3.05, 3.63) is 66.0 Å². The maximum atomic E-state index is 13.4. The van der Waals surface area contributed by atoms with Gasteiger partial charge in [0.15, 0.2) is 0 Å². The summed E-state index contributed by atoms with van der Waals surface area (Å²) in [5.74, 6) is -0.510. The summed E-state index contributed by atoms with van der Waals surface area (Å²) in [5.41, 5.74) is 0.799. The van der Waals surface area contributed by atoms with Crippen molar-refractivity contribution >= 4 is 11.7 Å². The normalized spacial score (nSPS) is 13.3. The van der Waals surface area contributed by atoms with E-state index in [9.17, 15) is 14.3 Å². The third-order valence-corrected chi connectivity index (χ3v) is 3.10. The van der Waals surface area contributed by atoms with Crippen molar-refractivity contribution in [1.82, 2.24) is 5.32 Å². The molecule has 2 aromatic rings. The third kappa shape index (κ3) is 4.03. The number of amides is 2. The van der Waals surface area contributed by atoms with Crippen molar-refractivity contribution in [2.75, 3.05) is 5.32 Å². The fourth-order valence-electron chi connectivity index (χ4n) is 1.95. The van der Waals surface area contributed by atoms with Gasteiger partial charge in [-0.1, -0.05) is 42.5 Å². The summed E-state index contributed by atoms with van der Waals surface area (Å²) in [7, 11) is 0. The van der Waals surface area contributed by atoms with Crippen molar-refractivity contribution in [3.63, 3.8) is 0 Å². The van der Waals surface area contributed by atoms with Gasteiger partial charge in [-0.25, -0.2) is 9.18 Å². The first kappa shape index (κ1) is 15.0. The van der Waals surface area contributed by atoms with Gasteiger partial charge in [0.05, 0.1) is 17.8 Å². The lowest BCUT2D eigenvalue weighted by molar-refractivity contribution is 0.139. The Kier molecular flexibility index (Phi) is 4.90. The molecule has 4 nitrogen and oxygen atoms in total. The van der Waals surface area contributed by atoms with Crippen LogP contribution in [0.4, 0.5) is 14.9 Å². The van der Waals surface area contributed by atoms with Crippen LogP contribution in [0.15, 0.2) is 54.6 Å². The van der Waals surface area contributed by atoms with Crippen molar-refractivity contribution in [1.29, 1.82) is 0 Å². The summed E-state index contributed by atoms with van der Waals surface area (Å²) in [6.07, 6.45) is -0.836. The molecule has 0 saturated carbocycles. The van der Waals surface area contributed by atoms with Gasteiger partial charge in [0.1, 0.15) is 5.82 Å². The maximum Gasteiger partial charge on any atom is 0.319 e. The van der Waals surface area contributed by atoms with E-state index >= 15 is 0 Å². The smallest absolute Gasteiger partial charge is 0.319 e. The summed E-state index contributed by atoms with van der Waals surface area (Å²) in [6.45, 7) is 1.68. The predicted molar refractivity (Wildman–Crippen MR) is 79.4 cm³/mol. The van der Waals surface area contributed by atoms with Crippen molar-refractivity contribution in [3.8, 4) is 0 Å². The molecular formula is C16H17FN2O2. The number of nitrogens with one attached hydrogen (secondary N) is 2. The van der Waals surface area contributed by atoms with Crippen LogP contribution in [0.5, 0.6) is 0 Å². The van der Waals surface area contributed by atoms with Crippen molar-refractivity contribution < 1.29 is 14.3 Å². The molecule has 0 heterocycles. The van der Waals surface area contributed by atoms with Crippen LogP contribution in [-0.2, 0) is 0 Å². The minimum absolute atomic E-state index is 0.0939. The molecular weight excluding hydrogens is 271 g/mol. The number of hydrogen-bond acceptors (Lipinski definition) is 2. The molecule has 2 unspecified atom stereocenters. The van der Waals surface area contributed by atoms with E-state index in [-0.39, 0.29) is 5.69 Å². The van der Waals surface area contributed by atoms with Gasteiger partial charge in [0.2, 0.25) is 0 Å². The predicted octanol–water partition coefficient (Wildman–Crippen LogP) is 3.07. The standard InChI is InChI=1S/C16H17FN2O2/c1-11(15(20)12-7-3-2-4-8-12)18-16(21)19-14-10-6-5-9-13(14)17/h2-11,15,20H,1H3,(H2,18,19,21). The molecule has 0 aliphatic carbocycles. The van der Waals surface area contributed by atoms with Gasteiger partial charge in [-0.3, -0.25) is 0 Å². The number of urea groups is 1. The number of para-hydroxylation sites is 1. The Hall–Kier alpha value is -2.40. The monoisotopic (exact) mass is 288 g/mol. The summed E-state index contributed by atoms with van der Waals surface area (Å²) in [5, 5.41) is 15.1. The van der Waals surface area contributed by atoms with Gasteiger partial charge < -0.3 is 15.7 Å². The zero-order chi connectivity index (χ0) is 15.2. The molecule has 110 valence electrons. The van der Waals surface area contributed by atoms with Crippen LogP contribution < -0.4 is 10.6 Å². The number of carbonyl (C=O) groups excluding carboxylic acids is 1. The van der Waals surface area contributed by atoms with Gasteiger partial charge >= 0.3 is 6.03 Å². The highest BCUT2D eigenvalue weighted by Gasteiger charge is 2.18. The second-order valence-corrected chi connectivity index (χ2v) is 4.72. The zero-order valence-electron chi connectivity index (χ0n) is 11.6. The Morgan fingerprint density at radius 2 is 1.71 bits per heavy atom. The number of hydrogen-bond donors (Lipinski definition) is 3. The molecule has 2 aromatic carbocycles. The number of anilines is 1. The van der Waals surface area contributed by atoms with E-state index in [4.69, 9.17) is 0 Å². The van der Waals surface area contributed by atoms with Crippen molar-refractivity contribution in [2.45, 2.75) is 19.1 Å². The summed E-state index contributed by atoms with van der Waals surface area (Å²) < 4.78 is 13.4. The highest BCUT2D eigenvalue weighted by Crippen LogP contribution is 2.16. The van der Waals surface area contributed by atoms with Crippen LogP contribution in [0.3, 0.4) is 0 Å². The molecule has 0 spiro atoms. The van der Waals surface area contributed by atoms with Gasteiger partial charge in [0.25, 0.3) is 0 Å². The van der Waals surface area contributed by atoms with Crippen LogP contribution in [0.25, 0.3) is 0 Å². The van der Waals surface area contributed by atoms with Crippen molar-refractivity contribution in [2.24, 2.45) is 0 Å².